The van der Waals surface area contributed by atoms with E-state index in [9.17, 15) is 4.39 Å². The van der Waals surface area contributed by atoms with Gasteiger partial charge in [0.05, 0.1) is 23.0 Å². The minimum atomic E-state index is -0.176. The van der Waals surface area contributed by atoms with Gasteiger partial charge in [-0.1, -0.05) is 29.8 Å². The molecule has 0 bridgehead atoms. The minimum absolute atomic E-state index is 0.176. The Labute approximate surface area is 174 Å². The molecule has 0 spiro atoms. The van der Waals surface area contributed by atoms with Gasteiger partial charge in [-0.3, -0.25) is 0 Å². The van der Waals surface area contributed by atoms with Crippen LogP contribution in [-0.4, -0.2) is 45.9 Å². The number of nitrogens with zero attached hydrogens (tertiary/aromatic N) is 6. The molecule has 0 unspecified atom stereocenters. The minimum Gasteiger partial charge on any atom is -0.366 e. The molecule has 2 aromatic heterocycles. The van der Waals surface area contributed by atoms with Crippen LogP contribution in [0.1, 0.15) is 11.1 Å². The van der Waals surface area contributed by atoms with Crippen LogP contribution < -0.4 is 9.80 Å². The number of benzene rings is 2. The standard InChI is InChI=1S/C23H23FN6/c1-16-7-8-20(17(2)13-16)30-23-18(14-27-30)22(25-15-26-23)29-11-9-28(10-12-29)21-6-4-3-5-19(21)24/h3-8,13-15H,9-12H2,1-2H3. The highest BCUT2D eigenvalue weighted by Crippen LogP contribution is 2.28. The van der Waals surface area contributed by atoms with Gasteiger partial charge < -0.3 is 9.80 Å². The van der Waals surface area contributed by atoms with Crippen LogP contribution >= 0.6 is 0 Å². The Morgan fingerprint density at radius 3 is 2.40 bits per heavy atom. The maximum absolute atomic E-state index is 14.1. The van der Waals surface area contributed by atoms with Crippen molar-refractivity contribution in [3.63, 3.8) is 0 Å². The molecular formula is C23H23FN6. The topological polar surface area (TPSA) is 50.1 Å². The van der Waals surface area contributed by atoms with Crippen LogP contribution in [0.3, 0.4) is 0 Å². The lowest BCUT2D eigenvalue weighted by Gasteiger charge is -2.36. The lowest BCUT2D eigenvalue weighted by atomic mass is 10.1. The molecule has 3 heterocycles. The first kappa shape index (κ1) is 18.5. The van der Waals surface area contributed by atoms with Gasteiger partial charge in [0.1, 0.15) is 18.0 Å². The molecular weight excluding hydrogens is 379 g/mol. The van der Waals surface area contributed by atoms with Gasteiger partial charge in [0, 0.05) is 26.2 Å². The number of hydrogen-bond acceptors (Lipinski definition) is 5. The van der Waals surface area contributed by atoms with Gasteiger partial charge in [-0.2, -0.15) is 5.10 Å². The third-order valence-electron chi connectivity index (χ3n) is 5.70. The number of para-hydroxylation sites is 1. The number of halogens is 1. The molecule has 0 radical (unpaired) electrons. The molecule has 2 aromatic carbocycles. The van der Waals surface area contributed by atoms with Gasteiger partial charge in [-0.15, -0.1) is 0 Å². The molecule has 7 heteroatoms. The lowest BCUT2D eigenvalue weighted by molar-refractivity contribution is 0.596. The first-order valence-electron chi connectivity index (χ1n) is 10.1. The summed E-state index contributed by atoms with van der Waals surface area (Å²) in [6, 6.07) is 13.2. The Kier molecular flexibility index (Phi) is 4.58. The van der Waals surface area contributed by atoms with Crippen LogP contribution in [0, 0.1) is 19.7 Å². The molecule has 0 saturated carbocycles. The second kappa shape index (κ2) is 7.40. The van der Waals surface area contributed by atoms with Crippen molar-refractivity contribution in [3.8, 4) is 5.69 Å². The molecule has 0 amide bonds. The van der Waals surface area contributed by atoms with E-state index in [0.717, 1.165) is 54.3 Å². The summed E-state index contributed by atoms with van der Waals surface area (Å²) in [7, 11) is 0. The summed E-state index contributed by atoms with van der Waals surface area (Å²) in [5, 5.41) is 5.54. The second-order valence-electron chi connectivity index (χ2n) is 7.71. The smallest absolute Gasteiger partial charge is 0.168 e. The quantitative estimate of drug-likeness (QED) is 0.520. The summed E-state index contributed by atoms with van der Waals surface area (Å²) in [5.74, 6) is 0.703. The van der Waals surface area contributed by atoms with Crippen LogP contribution in [0.2, 0.25) is 0 Å². The number of hydrogen-bond donors (Lipinski definition) is 0. The summed E-state index contributed by atoms with van der Waals surface area (Å²) in [6.45, 7) is 7.15. The molecule has 1 fully saturated rings. The molecule has 1 saturated heterocycles. The monoisotopic (exact) mass is 402 g/mol. The molecule has 152 valence electrons. The van der Waals surface area contributed by atoms with E-state index in [0.29, 0.717) is 5.69 Å². The van der Waals surface area contributed by atoms with Crippen molar-refractivity contribution in [2.24, 2.45) is 0 Å². The van der Waals surface area contributed by atoms with E-state index in [1.165, 1.54) is 11.6 Å². The number of rotatable bonds is 3. The summed E-state index contributed by atoms with van der Waals surface area (Å²) in [6.07, 6.45) is 3.44. The van der Waals surface area contributed by atoms with Crippen LogP contribution in [0.4, 0.5) is 15.9 Å². The first-order valence-corrected chi connectivity index (χ1v) is 10.1. The van der Waals surface area contributed by atoms with Gasteiger partial charge in [0.2, 0.25) is 0 Å². The van der Waals surface area contributed by atoms with Gasteiger partial charge in [0.15, 0.2) is 5.65 Å². The second-order valence-corrected chi connectivity index (χ2v) is 7.71. The zero-order valence-corrected chi connectivity index (χ0v) is 17.1. The van der Waals surface area contributed by atoms with Crippen LogP contribution in [-0.2, 0) is 0 Å². The lowest BCUT2D eigenvalue weighted by Crippen LogP contribution is -2.47. The number of piperazine rings is 1. The molecule has 0 atom stereocenters. The van der Waals surface area contributed by atoms with Crippen molar-refractivity contribution in [1.29, 1.82) is 0 Å². The predicted octanol–water partition coefficient (Wildman–Crippen LogP) is 3.90. The van der Waals surface area contributed by atoms with Gasteiger partial charge in [0.25, 0.3) is 0 Å². The highest BCUT2D eigenvalue weighted by Gasteiger charge is 2.23. The first-order chi connectivity index (χ1) is 14.6. The highest BCUT2D eigenvalue weighted by molar-refractivity contribution is 5.88. The summed E-state index contributed by atoms with van der Waals surface area (Å²) < 4.78 is 16.0. The zero-order chi connectivity index (χ0) is 20.7. The van der Waals surface area contributed by atoms with E-state index in [2.05, 4.69) is 56.9 Å². The van der Waals surface area contributed by atoms with Crippen molar-refractivity contribution >= 4 is 22.5 Å². The van der Waals surface area contributed by atoms with E-state index in [1.54, 1.807) is 12.4 Å². The van der Waals surface area contributed by atoms with Crippen molar-refractivity contribution in [2.45, 2.75) is 13.8 Å². The molecule has 6 nitrogen and oxygen atoms in total. The maximum atomic E-state index is 14.1. The SMILES string of the molecule is Cc1ccc(-n2ncc3c(N4CCN(c5ccccc5F)CC4)ncnc32)c(C)c1. The Morgan fingerprint density at radius 1 is 0.867 bits per heavy atom. The van der Waals surface area contributed by atoms with Crippen molar-refractivity contribution in [2.75, 3.05) is 36.0 Å². The average Bonchev–Trinajstić information content (AvgIpc) is 3.18. The fourth-order valence-electron chi connectivity index (χ4n) is 4.17. The van der Waals surface area contributed by atoms with Crippen molar-refractivity contribution in [1.82, 2.24) is 19.7 Å². The van der Waals surface area contributed by atoms with E-state index >= 15 is 0 Å². The Bertz CT molecular complexity index is 1210. The van der Waals surface area contributed by atoms with E-state index in [4.69, 9.17) is 0 Å². The third-order valence-corrected chi connectivity index (χ3v) is 5.70. The maximum Gasteiger partial charge on any atom is 0.168 e. The number of aromatic nitrogens is 4. The van der Waals surface area contributed by atoms with E-state index in [1.807, 2.05) is 23.0 Å². The largest absolute Gasteiger partial charge is 0.366 e. The molecule has 0 N–H and O–H groups in total. The molecule has 1 aliphatic rings. The Morgan fingerprint density at radius 2 is 1.63 bits per heavy atom. The van der Waals surface area contributed by atoms with E-state index < -0.39 is 0 Å². The predicted molar refractivity (Wildman–Crippen MR) is 117 cm³/mol. The fraction of sp³-hybridized carbons (Fsp3) is 0.261. The summed E-state index contributed by atoms with van der Waals surface area (Å²) >= 11 is 0. The third kappa shape index (κ3) is 3.16. The highest BCUT2D eigenvalue weighted by atomic mass is 19.1. The Hall–Kier alpha value is -3.48. The average molecular weight is 402 g/mol. The van der Waals surface area contributed by atoms with Crippen LogP contribution in [0.5, 0.6) is 0 Å². The molecule has 4 aromatic rings. The number of aryl methyl sites for hydroxylation is 2. The number of fused-ring (bicyclic) bond motifs is 1. The van der Waals surface area contributed by atoms with Gasteiger partial charge in [-0.05, 0) is 37.6 Å². The summed E-state index contributed by atoms with van der Waals surface area (Å²) in [5.41, 5.74) is 4.84. The van der Waals surface area contributed by atoms with E-state index in [-0.39, 0.29) is 5.82 Å². The molecule has 5 rings (SSSR count). The number of anilines is 2. The molecule has 30 heavy (non-hydrogen) atoms. The zero-order valence-electron chi connectivity index (χ0n) is 17.1. The fourth-order valence-corrected chi connectivity index (χ4v) is 4.17. The van der Waals surface area contributed by atoms with Crippen molar-refractivity contribution < 1.29 is 4.39 Å². The Balaban J connectivity index is 1.44. The van der Waals surface area contributed by atoms with Crippen LogP contribution in [0.15, 0.2) is 55.0 Å². The summed E-state index contributed by atoms with van der Waals surface area (Å²) in [4.78, 5) is 13.4. The van der Waals surface area contributed by atoms with Gasteiger partial charge in [-0.25, -0.2) is 19.0 Å². The van der Waals surface area contributed by atoms with Gasteiger partial charge >= 0.3 is 0 Å². The molecule has 0 aliphatic carbocycles. The van der Waals surface area contributed by atoms with Crippen LogP contribution in [0.25, 0.3) is 16.7 Å². The van der Waals surface area contributed by atoms with Crippen molar-refractivity contribution in [3.05, 3.63) is 71.9 Å². The normalized spacial score (nSPS) is 14.5. The molecule has 1 aliphatic heterocycles.